The van der Waals surface area contributed by atoms with Gasteiger partial charge in [-0.3, -0.25) is 0 Å². The fourth-order valence-corrected chi connectivity index (χ4v) is 2.46. The molecule has 0 aliphatic heterocycles. The molecular formula is C13H17N3OS. The molecule has 0 aliphatic rings. The van der Waals surface area contributed by atoms with Crippen molar-refractivity contribution in [2.75, 3.05) is 7.05 Å². The SMILES string of the molecule is CNC(c1cccc(OC(C)C)c1)c1cnns1. The lowest BCUT2D eigenvalue weighted by molar-refractivity contribution is 0.242. The monoisotopic (exact) mass is 263 g/mol. The molecule has 0 amide bonds. The van der Waals surface area contributed by atoms with E-state index < -0.39 is 0 Å². The van der Waals surface area contributed by atoms with Gasteiger partial charge < -0.3 is 10.1 Å². The van der Waals surface area contributed by atoms with Gasteiger partial charge in [-0.1, -0.05) is 16.6 Å². The summed E-state index contributed by atoms with van der Waals surface area (Å²) < 4.78 is 9.62. The number of benzene rings is 1. The fourth-order valence-electron chi connectivity index (χ4n) is 1.81. The first-order valence-corrected chi connectivity index (χ1v) is 6.69. The number of hydrogen-bond acceptors (Lipinski definition) is 5. The van der Waals surface area contributed by atoms with E-state index in [4.69, 9.17) is 4.74 Å². The highest BCUT2D eigenvalue weighted by atomic mass is 32.1. The number of nitrogens with one attached hydrogen (secondary N) is 1. The van der Waals surface area contributed by atoms with Crippen LogP contribution < -0.4 is 10.1 Å². The summed E-state index contributed by atoms with van der Waals surface area (Å²) in [6.07, 6.45) is 1.97. The van der Waals surface area contributed by atoms with Crippen LogP contribution >= 0.6 is 11.5 Å². The molecule has 2 rings (SSSR count). The molecule has 0 fully saturated rings. The zero-order chi connectivity index (χ0) is 13.0. The van der Waals surface area contributed by atoms with Gasteiger partial charge in [0.2, 0.25) is 0 Å². The van der Waals surface area contributed by atoms with E-state index >= 15 is 0 Å². The summed E-state index contributed by atoms with van der Waals surface area (Å²) in [6, 6.07) is 8.22. The van der Waals surface area contributed by atoms with E-state index in [2.05, 4.69) is 27.0 Å². The third-order valence-electron chi connectivity index (χ3n) is 2.51. The Hall–Kier alpha value is -1.46. The molecule has 1 atom stereocenters. The molecule has 1 unspecified atom stereocenters. The van der Waals surface area contributed by atoms with Crippen LogP contribution in [0.5, 0.6) is 5.75 Å². The van der Waals surface area contributed by atoms with E-state index in [9.17, 15) is 0 Å². The molecule has 0 radical (unpaired) electrons. The van der Waals surface area contributed by atoms with Crippen molar-refractivity contribution >= 4 is 11.5 Å². The van der Waals surface area contributed by atoms with E-state index in [1.165, 1.54) is 11.5 Å². The summed E-state index contributed by atoms with van der Waals surface area (Å²) in [5.41, 5.74) is 1.15. The van der Waals surface area contributed by atoms with Crippen molar-refractivity contribution in [2.45, 2.75) is 26.0 Å². The minimum absolute atomic E-state index is 0.112. The zero-order valence-electron chi connectivity index (χ0n) is 10.8. The van der Waals surface area contributed by atoms with Crippen LogP contribution in [0.1, 0.15) is 30.3 Å². The molecule has 0 bridgehead atoms. The second kappa shape index (κ2) is 5.93. The molecule has 4 nitrogen and oxygen atoms in total. The Bertz CT molecular complexity index is 485. The smallest absolute Gasteiger partial charge is 0.120 e. The molecule has 0 saturated heterocycles. The van der Waals surface area contributed by atoms with Gasteiger partial charge in [-0.2, -0.15) is 0 Å². The first kappa shape index (κ1) is 13.0. The minimum Gasteiger partial charge on any atom is -0.491 e. The Morgan fingerprint density at radius 2 is 2.17 bits per heavy atom. The number of hydrogen-bond donors (Lipinski definition) is 1. The summed E-state index contributed by atoms with van der Waals surface area (Å²) in [7, 11) is 1.93. The molecule has 1 N–H and O–H groups in total. The fraction of sp³-hybridized carbons (Fsp3) is 0.385. The van der Waals surface area contributed by atoms with E-state index in [-0.39, 0.29) is 12.1 Å². The third-order valence-corrected chi connectivity index (χ3v) is 3.24. The van der Waals surface area contributed by atoms with Crippen LogP contribution in [-0.4, -0.2) is 22.7 Å². The van der Waals surface area contributed by atoms with Crippen LogP contribution in [0.3, 0.4) is 0 Å². The van der Waals surface area contributed by atoms with Crippen LogP contribution in [0, 0.1) is 0 Å². The largest absolute Gasteiger partial charge is 0.491 e. The molecule has 2 aromatic rings. The standard InChI is InChI=1S/C13H17N3OS/c1-9(2)17-11-6-4-5-10(7-11)13(14-3)12-8-15-16-18-12/h4-9,13-14H,1-3H3. The first-order chi connectivity index (χ1) is 8.70. The normalized spacial score (nSPS) is 12.7. The van der Waals surface area contributed by atoms with Crippen LogP contribution in [0.25, 0.3) is 0 Å². The Morgan fingerprint density at radius 1 is 1.33 bits per heavy atom. The van der Waals surface area contributed by atoms with Crippen LogP contribution in [-0.2, 0) is 0 Å². The molecule has 0 aliphatic carbocycles. The van der Waals surface area contributed by atoms with Crippen LogP contribution in [0.4, 0.5) is 0 Å². The number of aromatic nitrogens is 2. The van der Waals surface area contributed by atoms with Crippen molar-refractivity contribution < 1.29 is 4.74 Å². The average Bonchev–Trinajstić information content (AvgIpc) is 2.83. The van der Waals surface area contributed by atoms with Crippen molar-refractivity contribution in [2.24, 2.45) is 0 Å². The molecule has 5 heteroatoms. The molecular weight excluding hydrogens is 246 g/mol. The van der Waals surface area contributed by atoms with Crippen LogP contribution in [0.2, 0.25) is 0 Å². The van der Waals surface area contributed by atoms with Gasteiger partial charge in [0.1, 0.15) is 5.75 Å². The third kappa shape index (κ3) is 3.05. The van der Waals surface area contributed by atoms with Gasteiger partial charge in [-0.15, -0.1) is 5.10 Å². The van der Waals surface area contributed by atoms with Crippen molar-refractivity contribution in [3.63, 3.8) is 0 Å². The lowest BCUT2D eigenvalue weighted by Crippen LogP contribution is -2.16. The Kier molecular flexibility index (Phi) is 4.28. The van der Waals surface area contributed by atoms with E-state index in [0.29, 0.717) is 0 Å². The van der Waals surface area contributed by atoms with E-state index in [0.717, 1.165) is 16.2 Å². The number of rotatable bonds is 5. The Morgan fingerprint density at radius 3 is 2.78 bits per heavy atom. The van der Waals surface area contributed by atoms with Gasteiger partial charge in [0, 0.05) is 0 Å². The first-order valence-electron chi connectivity index (χ1n) is 5.92. The summed E-state index contributed by atoms with van der Waals surface area (Å²) in [5.74, 6) is 0.889. The lowest BCUT2D eigenvalue weighted by Gasteiger charge is -2.16. The quantitative estimate of drug-likeness (QED) is 0.901. The van der Waals surface area contributed by atoms with Gasteiger partial charge in [0.25, 0.3) is 0 Å². The Balaban J connectivity index is 2.26. The van der Waals surface area contributed by atoms with Gasteiger partial charge in [0.05, 0.1) is 23.2 Å². The summed E-state index contributed by atoms with van der Waals surface area (Å²) in [6.45, 7) is 4.05. The van der Waals surface area contributed by atoms with E-state index in [1.54, 1.807) is 6.20 Å². The molecule has 1 heterocycles. The Labute approximate surface area is 111 Å². The molecule has 1 aromatic heterocycles. The highest BCUT2D eigenvalue weighted by molar-refractivity contribution is 7.05. The van der Waals surface area contributed by atoms with Crippen LogP contribution in [0.15, 0.2) is 30.5 Å². The summed E-state index contributed by atoms with van der Waals surface area (Å²) >= 11 is 1.41. The maximum Gasteiger partial charge on any atom is 0.120 e. The average molecular weight is 263 g/mol. The second-order valence-electron chi connectivity index (χ2n) is 4.28. The van der Waals surface area contributed by atoms with Crippen molar-refractivity contribution in [3.8, 4) is 5.75 Å². The van der Waals surface area contributed by atoms with Crippen molar-refractivity contribution in [1.29, 1.82) is 0 Å². The summed E-state index contributed by atoms with van der Waals surface area (Å²) in [5, 5.41) is 7.16. The minimum atomic E-state index is 0.112. The molecule has 18 heavy (non-hydrogen) atoms. The highest BCUT2D eigenvalue weighted by Crippen LogP contribution is 2.26. The van der Waals surface area contributed by atoms with E-state index in [1.807, 2.05) is 33.0 Å². The molecule has 1 aromatic carbocycles. The summed E-state index contributed by atoms with van der Waals surface area (Å²) in [4.78, 5) is 1.10. The maximum absolute atomic E-state index is 5.71. The van der Waals surface area contributed by atoms with Crippen molar-refractivity contribution in [1.82, 2.24) is 14.9 Å². The predicted molar refractivity (Wildman–Crippen MR) is 73.0 cm³/mol. The van der Waals surface area contributed by atoms with Gasteiger partial charge in [-0.05, 0) is 50.1 Å². The second-order valence-corrected chi connectivity index (χ2v) is 5.10. The molecule has 96 valence electrons. The van der Waals surface area contributed by atoms with Gasteiger partial charge in [-0.25, -0.2) is 0 Å². The zero-order valence-corrected chi connectivity index (χ0v) is 11.6. The maximum atomic E-state index is 5.71. The molecule has 0 spiro atoms. The van der Waals surface area contributed by atoms with Gasteiger partial charge in [0.15, 0.2) is 0 Å². The predicted octanol–water partition coefficient (Wildman–Crippen LogP) is 2.63. The van der Waals surface area contributed by atoms with Crippen molar-refractivity contribution in [3.05, 3.63) is 40.9 Å². The molecule has 0 saturated carbocycles. The van der Waals surface area contributed by atoms with Gasteiger partial charge >= 0.3 is 0 Å². The highest BCUT2D eigenvalue weighted by Gasteiger charge is 2.15. The lowest BCUT2D eigenvalue weighted by atomic mass is 10.1. The topological polar surface area (TPSA) is 47.0 Å². The number of nitrogens with zero attached hydrogens (tertiary/aromatic N) is 2. The number of ether oxygens (including phenoxy) is 1.